The van der Waals surface area contributed by atoms with Gasteiger partial charge < -0.3 is 10.2 Å². The molecule has 1 atom stereocenters. The van der Waals surface area contributed by atoms with Crippen LogP contribution in [0.25, 0.3) is 0 Å². The fourth-order valence-electron chi connectivity index (χ4n) is 4.31. The monoisotopic (exact) mass is 549 g/mol. The normalized spacial score (nSPS) is 12.4. The summed E-state index contributed by atoms with van der Waals surface area (Å²) in [7, 11) is -4.06. The summed E-state index contributed by atoms with van der Waals surface area (Å²) >= 11 is 0. The third-order valence-corrected chi connectivity index (χ3v) is 8.09. The van der Waals surface area contributed by atoms with Gasteiger partial charge in [0.15, 0.2) is 0 Å². The van der Waals surface area contributed by atoms with Gasteiger partial charge in [-0.1, -0.05) is 73.2 Å². The van der Waals surface area contributed by atoms with E-state index in [0.29, 0.717) is 18.5 Å². The standard InChI is InChI=1S/C31H39N3O4S/c1-6-28(30(36)32-31(3,4)5)33(22-21-25-13-9-7-10-14-25)29(35)23-34(26-15-11-8-12-16-26)39(37,38)27-19-17-24(2)18-20-27/h7-20,28H,6,21-23H2,1-5H3,(H,32,36). The van der Waals surface area contributed by atoms with E-state index < -0.39 is 34.1 Å². The zero-order chi connectivity index (χ0) is 28.6. The Balaban J connectivity index is 1.99. The first-order valence-electron chi connectivity index (χ1n) is 13.2. The maximum absolute atomic E-state index is 14.0. The fourth-order valence-corrected chi connectivity index (χ4v) is 5.72. The molecule has 0 aliphatic heterocycles. The van der Waals surface area contributed by atoms with E-state index in [4.69, 9.17) is 0 Å². The number of carbonyl (C=O) groups excluding carboxylic acids is 2. The first-order valence-corrected chi connectivity index (χ1v) is 14.7. The number of hydrogen-bond acceptors (Lipinski definition) is 4. The Hall–Kier alpha value is -3.65. The second-order valence-electron chi connectivity index (χ2n) is 10.6. The number of hydrogen-bond donors (Lipinski definition) is 1. The van der Waals surface area contributed by atoms with E-state index in [1.165, 1.54) is 4.90 Å². The van der Waals surface area contributed by atoms with Gasteiger partial charge in [0, 0.05) is 12.1 Å². The Morgan fingerprint density at radius 1 is 0.872 bits per heavy atom. The number of carbonyl (C=O) groups is 2. The predicted octanol–water partition coefficient (Wildman–Crippen LogP) is 4.95. The summed E-state index contributed by atoms with van der Waals surface area (Å²) < 4.78 is 28.8. The topological polar surface area (TPSA) is 86.8 Å². The molecular weight excluding hydrogens is 510 g/mol. The molecule has 0 bridgehead atoms. The van der Waals surface area contributed by atoms with E-state index >= 15 is 0 Å². The van der Waals surface area contributed by atoms with Crippen molar-refractivity contribution >= 4 is 27.5 Å². The van der Waals surface area contributed by atoms with Crippen LogP contribution in [0.4, 0.5) is 5.69 Å². The summed E-state index contributed by atoms with van der Waals surface area (Å²) in [6.07, 6.45) is 0.917. The minimum Gasteiger partial charge on any atom is -0.350 e. The zero-order valence-corrected chi connectivity index (χ0v) is 24.2. The molecule has 8 heteroatoms. The molecule has 208 valence electrons. The van der Waals surface area contributed by atoms with Crippen LogP contribution in [0.5, 0.6) is 0 Å². The second kappa shape index (κ2) is 12.9. The van der Waals surface area contributed by atoms with Gasteiger partial charge in [-0.15, -0.1) is 0 Å². The van der Waals surface area contributed by atoms with Gasteiger partial charge in [0.2, 0.25) is 11.8 Å². The molecule has 0 heterocycles. The van der Waals surface area contributed by atoms with Gasteiger partial charge in [-0.3, -0.25) is 13.9 Å². The number of rotatable bonds is 11. The van der Waals surface area contributed by atoms with E-state index in [0.717, 1.165) is 15.4 Å². The first kappa shape index (κ1) is 29.9. The zero-order valence-electron chi connectivity index (χ0n) is 23.4. The lowest BCUT2D eigenvalue weighted by molar-refractivity contribution is -0.140. The van der Waals surface area contributed by atoms with Crippen LogP contribution in [0.1, 0.15) is 45.2 Å². The third kappa shape index (κ3) is 8.17. The highest BCUT2D eigenvalue weighted by Crippen LogP contribution is 2.24. The molecule has 2 amide bonds. The minimum atomic E-state index is -4.06. The summed E-state index contributed by atoms with van der Waals surface area (Å²) in [4.78, 5) is 28.9. The highest BCUT2D eigenvalue weighted by molar-refractivity contribution is 7.92. The Morgan fingerprint density at radius 3 is 1.97 bits per heavy atom. The lowest BCUT2D eigenvalue weighted by Crippen LogP contribution is -2.56. The van der Waals surface area contributed by atoms with Gasteiger partial charge in [0.1, 0.15) is 12.6 Å². The van der Waals surface area contributed by atoms with Crippen LogP contribution in [0, 0.1) is 6.92 Å². The molecule has 3 aromatic rings. The van der Waals surface area contributed by atoms with Crippen LogP contribution in [0.15, 0.2) is 89.8 Å². The molecule has 0 saturated carbocycles. The molecule has 0 aromatic heterocycles. The van der Waals surface area contributed by atoms with Crippen LogP contribution in [0.3, 0.4) is 0 Å². The number of anilines is 1. The maximum Gasteiger partial charge on any atom is 0.264 e. The molecule has 7 nitrogen and oxygen atoms in total. The van der Waals surface area contributed by atoms with Gasteiger partial charge in [-0.2, -0.15) is 0 Å². The largest absolute Gasteiger partial charge is 0.350 e. The number of amides is 2. The smallest absolute Gasteiger partial charge is 0.264 e. The second-order valence-corrected chi connectivity index (χ2v) is 12.5. The van der Waals surface area contributed by atoms with Crippen LogP contribution in [-0.2, 0) is 26.0 Å². The molecular formula is C31H39N3O4S. The van der Waals surface area contributed by atoms with E-state index in [1.54, 1.807) is 54.6 Å². The Kier molecular flexibility index (Phi) is 9.92. The molecule has 0 fully saturated rings. The SMILES string of the molecule is CCC(C(=O)NC(C)(C)C)N(CCc1ccccc1)C(=O)CN(c1ccccc1)S(=O)(=O)c1ccc(C)cc1. The van der Waals surface area contributed by atoms with Crippen molar-refractivity contribution in [1.29, 1.82) is 0 Å². The molecule has 3 aromatic carbocycles. The summed E-state index contributed by atoms with van der Waals surface area (Å²) in [6.45, 7) is 9.23. The van der Waals surface area contributed by atoms with Crippen molar-refractivity contribution in [2.75, 3.05) is 17.4 Å². The van der Waals surface area contributed by atoms with Crippen LogP contribution < -0.4 is 9.62 Å². The van der Waals surface area contributed by atoms with Crippen LogP contribution in [-0.4, -0.2) is 49.8 Å². The maximum atomic E-state index is 14.0. The molecule has 1 unspecified atom stereocenters. The van der Waals surface area contributed by atoms with Crippen molar-refractivity contribution in [1.82, 2.24) is 10.2 Å². The first-order chi connectivity index (χ1) is 18.4. The number of aryl methyl sites for hydroxylation is 1. The number of nitrogens with one attached hydrogen (secondary N) is 1. The average molecular weight is 550 g/mol. The van der Waals surface area contributed by atoms with E-state index in [9.17, 15) is 18.0 Å². The lowest BCUT2D eigenvalue weighted by Gasteiger charge is -2.34. The highest BCUT2D eigenvalue weighted by atomic mass is 32.2. The van der Waals surface area contributed by atoms with Crippen molar-refractivity contribution < 1.29 is 18.0 Å². The Labute approximate surface area is 232 Å². The van der Waals surface area contributed by atoms with E-state index in [2.05, 4.69) is 5.32 Å². The number of para-hydroxylation sites is 1. The summed E-state index contributed by atoms with van der Waals surface area (Å²) in [6, 6.07) is 24.1. The molecule has 0 aliphatic rings. The van der Waals surface area contributed by atoms with Gasteiger partial charge in [0.25, 0.3) is 10.0 Å². The number of nitrogens with zero attached hydrogens (tertiary/aromatic N) is 2. The fraction of sp³-hybridized carbons (Fsp3) is 0.355. The molecule has 39 heavy (non-hydrogen) atoms. The minimum absolute atomic E-state index is 0.0955. The molecule has 3 rings (SSSR count). The van der Waals surface area contributed by atoms with Gasteiger partial charge in [-0.25, -0.2) is 8.42 Å². The Morgan fingerprint density at radius 2 is 1.44 bits per heavy atom. The van der Waals surface area contributed by atoms with Gasteiger partial charge >= 0.3 is 0 Å². The summed E-state index contributed by atoms with van der Waals surface area (Å²) in [5, 5.41) is 2.99. The molecule has 0 radical (unpaired) electrons. The van der Waals surface area contributed by atoms with Crippen molar-refractivity contribution in [2.24, 2.45) is 0 Å². The van der Waals surface area contributed by atoms with Crippen LogP contribution in [0.2, 0.25) is 0 Å². The van der Waals surface area contributed by atoms with Crippen molar-refractivity contribution in [3.8, 4) is 0 Å². The van der Waals surface area contributed by atoms with E-state index in [1.807, 2.05) is 65.0 Å². The average Bonchev–Trinajstić information content (AvgIpc) is 2.89. The van der Waals surface area contributed by atoms with Crippen molar-refractivity contribution in [2.45, 2.75) is 63.9 Å². The Bertz CT molecular complexity index is 1340. The van der Waals surface area contributed by atoms with Crippen LogP contribution >= 0.6 is 0 Å². The third-order valence-electron chi connectivity index (χ3n) is 6.30. The van der Waals surface area contributed by atoms with Crippen molar-refractivity contribution in [3.05, 3.63) is 96.1 Å². The van der Waals surface area contributed by atoms with Gasteiger partial charge in [-0.05, 0) is 70.4 Å². The number of benzene rings is 3. The van der Waals surface area contributed by atoms with Gasteiger partial charge in [0.05, 0.1) is 10.6 Å². The summed E-state index contributed by atoms with van der Waals surface area (Å²) in [5.41, 5.74) is 1.85. The quantitative estimate of drug-likeness (QED) is 0.367. The summed E-state index contributed by atoms with van der Waals surface area (Å²) in [5.74, 6) is -0.708. The molecule has 0 spiro atoms. The van der Waals surface area contributed by atoms with E-state index in [-0.39, 0.29) is 17.3 Å². The lowest BCUT2D eigenvalue weighted by atomic mass is 10.1. The molecule has 0 aliphatic carbocycles. The predicted molar refractivity (Wildman–Crippen MR) is 156 cm³/mol. The number of sulfonamides is 1. The van der Waals surface area contributed by atoms with Crippen molar-refractivity contribution in [3.63, 3.8) is 0 Å². The molecule has 0 saturated heterocycles. The molecule has 1 N–H and O–H groups in total. The highest BCUT2D eigenvalue weighted by Gasteiger charge is 2.34.